The third kappa shape index (κ3) is 21.0. The summed E-state index contributed by atoms with van der Waals surface area (Å²) in [6.45, 7) is 33.3. The number of carbonyl (C=O) groups excluding carboxylic acids is 5. The van der Waals surface area contributed by atoms with Gasteiger partial charge in [-0.1, -0.05) is 112 Å². The maximum Gasteiger partial charge on any atom is 0.282 e. The van der Waals surface area contributed by atoms with Crippen molar-refractivity contribution in [3.05, 3.63) is 149 Å². The number of hydrogen-bond donors (Lipinski definition) is 8. The quantitative estimate of drug-likeness (QED) is 0.0261. The van der Waals surface area contributed by atoms with Gasteiger partial charge in [0.2, 0.25) is 59.3 Å². The van der Waals surface area contributed by atoms with E-state index in [4.69, 9.17) is 4.98 Å². The van der Waals surface area contributed by atoms with E-state index in [1.54, 1.807) is 75.6 Å². The molecule has 10 aliphatic rings. The van der Waals surface area contributed by atoms with Gasteiger partial charge in [0, 0.05) is 54.9 Å². The van der Waals surface area contributed by atoms with Gasteiger partial charge in [0.05, 0.1) is 103 Å². The average molecular weight is 1860 g/mol. The first-order valence-electron chi connectivity index (χ1n) is 48.3. The normalized spacial score (nSPS) is 20.0. The Balaban J connectivity index is 0.000000123. The Morgan fingerprint density at radius 1 is 0.478 bits per heavy atom. The number of carbonyl (C=O) groups is 5. The smallest absolute Gasteiger partial charge is 0.282 e. The summed E-state index contributed by atoms with van der Waals surface area (Å²) in [6, 6.07) is 36.7. The molecular formula is C106H132F4N18O8. The number of fused-ring (bicyclic) bond motifs is 5. The van der Waals surface area contributed by atoms with Crippen molar-refractivity contribution in [2.75, 3.05) is 44.6 Å². The Morgan fingerprint density at radius 2 is 0.993 bits per heavy atom. The number of aliphatic hydroxyl groups is 3. The lowest BCUT2D eigenvalue weighted by Crippen LogP contribution is -2.59. The number of aromatic nitrogens is 10. The topological polar surface area (TPSA) is 346 Å². The molecule has 1 saturated heterocycles. The number of rotatable bonds is 24. The molecule has 5 amide bonds. The molecule has 1 atom stereocenters. The standard InChI is InChI=1S/C23H24N4O2.C23H31N3O2.C21H28FN3O2.C20H25F3N4O.C19H24N4O/c1-22(10-11-22)15-27-19-12-16(14-24)8-9-18(19)25-21(27)26-20(28)13-23(2,29)17-6-4-3-5-7-17;1-21(2,15-5-6-15)13-19(27)25-20-24-17-8-7-16(22(3,4)28)9-18(17)26(20)23-10-14(11-23)12-23;1-19(2,27)13-10-14(22)17-15(11-13)25(21(4)6-5-7-21)18(24-17)23-16(26)12-20(3)8-9-20;1-19(2,3)9-15(28)25-18-24-13-7-8-14(26-10-20(22,23)11-26)16(21)17(13)27(18)12-5-4-6-12;1-18(2,3)11-15(24)22-17-21-14-8-5-7-13(12-20)16(14)23(17)19(4)9-6-10-19/h3-9,12,29H,10-11,13,15H2,1-2H3,(H,25,26,28);7-9,14-15,28H,5-6,10-13H2,1-4H3,(H,24,25,27);10-11,27H,5-9,12H2,1-4H3,(H,23,24,26);7-8,12H,4-6,9-11H2,1-3H3,(H,24,25,28);5,7-8H,6,9-11H2,1-4H3,(H,21,22,24). The Bertz CT molecular complexity index is 6540. The number of halogens is 4. The zero-order chi connectivity index (χ0) is 98.0. The maximum atomic E-state index is 15.3. The van der Waals surface area contributed by atoms with Crippen molar-refractivity contribution in [1.29, 1.82) is 10.5 Å². The van der Waals surface area contributed by atoms with E-state index >= 15 is 4.39 Å². The predicted molar refractivity (Wildman–Crippen MR) is 521 cm³/mol. The van der Waals surface area contributed by atoms with Crippen LogP contribution in [0.3, 0.4) is 0 Å². The molecule has 2 bridgehead atoms. The molecule has 1 aliphatic heterocycles. The van der Waals surface area contributed by atoms with Crippen molar-refractivity contribution >= 4 is 120 Å². The van der Waals surface area contributed by atoms with Crippen LogP contribution in [0, 0.1) is 73.2 Å². The lowest BCUT2D eigenvalue weighted by Gasteiger charge is -2.62. The molecule has 0 spiro atoms. The summed E-state index contributed by atoms with van der Waals surface area (Å²) >= 11 is 0. The fourth-order valence-corrected chi connectivity index (χ4v) is 20.1. The lowest BCUT2D eigenvalue weighted by atomic mass is 9.49. The van der Waals surface area contributed by atoms with E-state index < -0.39 is 47.4 Å². The first-order chi connectivity index (χ1) is 63.6. The van der Waals surface area contributed by atoms with Gasteiger partial charge < -0.3 is 43.1 Å². The summed E-state index contributed by atoms with van der Waals surface area (Å²) in [6.07, 6.45) is 21.0. The molecule has 30 heteroatoms. The van der Waals surface area contributed by atoms with Crippen LogP contribution in [0.25, 0.3) is 55.2 Å². The summed E-state index contributed by atoms with van der Waals surface area (Å²) in [5.41, 5.74) is 6.55. The van der Waals surface area contributed by atoms with E-state index in [0.29, 0.717) is 94.6 Å². The molecule has 8 N–H and O–H groups in total. The summed E-state index contributed by atoms with van der Waals surface area (Å²) in [5.74, 6) is -0.409. The van der Waals surface area contributed by atoms with E-state index in [9.17, 15) is 63.0 Å². The van der Waals surface area contributed by atoms with Gasteiger partial charge in [0.15, 0.2) is 11.6 Å². The van der Waals surface area contributed by atoms with Crippen LogP contribution in [0.2, 0.25) is 0 Å². The highest BCUT2D eigenvalue weighted by Crippen LogP contribution is 2.64. The molecular weight excluding hydrogens is 1730 g/mol. The molecule has 26 nitrogen and oxygen atoms in total. The first-order valence-corrected chi connectivity index (χ1v) is 48.3. The van der Waals surface area contributed by atoms with Gasteiger partial charge in [0.25, 0.3) is 5.92 Å². The highest BCUT2D eigenvalue weighted by atomic mass is 19.3. The average Bonchev–Trinajstić information content (AvgIpc) is 1.31. The second-order valence-electron chi connectivity index (χ2n) is 46.1. The van der Waals surface area contributed by atoms with Crippen LogP contribution >= 0.6 is 0 Å². The number of hydrogen-bond acceptors (Lipinski definition) is 16. The molecule has 136 heavy (non-hydrogen) atoms. The lowest BCUT2D eigenvalue weighted by molar-refractivity contribution is -0.121. The fourth-order valence-electron chi connectivity index (χ4n) is 20.1. The van der Waals surface area contributed by atoms with Gasteiger partial charge in [0.1, 0.15) is 17.1 Å². The number of nitrogens with one attached hydrogen (secondary N) is 5. The minimum atomic E-state index is -2.78. The van der Waals surface area contributed by atoms with Crippen LogP contribution < -0.4 is 31.5 Å². The van der Waals surface area contributed by atoms with Gasteiger partial charge in [-0.3, -0.25) is 50.6 Å². The summed E-state index contributed by atoms with van der Waals surface area (Å²) in [4.78, 5) is 87.2. The minimum Gasteiger partial charge on any atom is -0.386 e. The Labute approximate surface area is 792 Å². The largest absolute Gasteiger partial charge is 0.386 e. The molecule has 6 aromatic carbocycles. The van der Waals surface area contributed by atoms with E-state index in [2.05, 4.69) is 109 Å². The molecule has 0 radical (unpaired) electrons. The van der Waals surface area contributed by atoms with Crippen LogP contribution in [0.5, 0.6) is 0 Å². The first kappa shape index (κ1) is 97.5. The number of amides is 5. The van der Waals surface area contributed by atoms with Gasteiger partial charge in [-0.2, -0.15) is 10.5 Å². The highest BCUT2D eigenvalue weighted by Gasteiger charge is 2.59. The molecule has 5 aromatic heterocycles. The van der Waals surface area contributed by atoms with E-state index in [-0.39, 0.29) is 102 Å². The number of benzene rings is 6. The Kier molecular flexibility index (Phi) is 25.6. The van der Waals surface area contributed by atoms with Gasteiger partial charge in [-0.15, -0.1) is 0 Å². The van der Waals surface area contributed by atoms with Crippen molar-refractivity contribution in [3.63, 3.8) is 0 Å². The van der Waals surface area contributed by atoms with Crippen molar-refractivity contribution < 1.29 is 56.9 Å². The predicted octanol–water partition coefficient (Wildman–Crippen LogP) is 21.8. The Morgan fingerprint density at radius 3 is 1.53 bits per heavy atom. The minimum absolute atomic E-state index is 0.0412. The number of nitrogens with zero attached hydrogens (tertiary/aromatic N) is 13. The highest BCUT2D eigenvalue weighted by molar-refractivity contribution is 5.97. The van der Waals surface area contributed by atoms with Crippen molar-refractivity contribution in [3.8, 4) is 12.1 Å². The second-order valence-corrected chi connectivity index (χ2v) is 46.1. The van der Waals surface area contributed by atoms with Crippen LogP contribution in [0.15, 0.2) is 109 Å². The second kappa shape index (κ2) is 35.8. The number of nitriles is 2. The van der Waals surface area contributed by atoms with E-state index in [1.807, 2.05) is 111 Å². The maximum absolute atomic E-state index is 15.3. The molecule has 9 aliphatic carbocycles. The van der Waals surface area contributed by atoms with Crippen LogP contribution in [-0.4, -0.2) is 112 Å². The molecule has 21 rings (SSSR count). The number of imidazole rings is 5. The third-order valence-corrected chi connectivity index (χ3v) is 29.4. The van der Waals surface area contributed by atoms with Crippen LogP contribution in [-0.2, 0) is 63.9 Å². The SMILES string of the molecule is CC(C)(C)CC(=O)Nc1nc2ccc(N3CC(F)(F)C3)c(F)c2n1C1CCC1.CC(C)(C)CC(=O)Nc1nc2cccc(C#N)c2n1C1(C)CCC1.CC(C)(O)c1ccc2nc(NC(=O)CC(C)(C)C3CC3)n(C34CC(C3)C4)c2c1.CC1(CC(=O)Nc2nc3c(F)cc(C(C)(C)O)cc3n2C2(C)CCC2)CC1.CC1(Cn2c(NC(=O)CC(C)(O)c3ccccc3)nc3ccc(C#N)cc32)CC1. The van der Waals surface area contributed by atoms with Gasteiger partial charge in [-0.05, 0) is 286 Å². The molecule has 1 unspecified atom stereocenters. The zero-order valence-corrected chi connectivity index (χ0v) is 81.7. The van der Waals surface area contributed by atoms with Gasteiger partial charge in [-0.25, -0.2) is 42.5 Å². The van der Waals surface area contributed by atoms with Crippen LogP contribution in [0.4, 0.5) is 53.0 Å². The van der Waals surface area contributed by atoms with Gasteiger partial charge >= 0.3 is 0 Å². The molecule has 722 valence electrons. The summed E-state index contributed by atoms with van der Waals surface area (Å²) in [5, 5.41) is 65.1. The van der Waals surface area contributed by atoms with Crippen LogP contribution in [0.1, 0.15) is 299 Å². The number of alkyl halides is 2. The molecule has 9 saturated carbocycles. The van der Waals surface area contributed by atoms with Crippen molar-refractivity contribution in [2.45, 2.75) is 317 Å². The molecule has 6 heterocycles. The molecule has 11 aromatic rings. The zero-order valence-electron chi connectivity index (χ0n) is 81.7. The fraction of sp³-hybridized carbons (Fsp3) is 0.547. The Hall–Kier alpha value is -11.6. The number of para-hydroxylation sites is 1. The molecule has 10 fully saturated rings. The van der Waals surface area contributed by atoms with Crippen molar-refractivity contribution in [1.82, 2.24) is 47.8 Å². The van der Waals surface area contributed by atoms with E-state index in [0.717, 1.165) is 135 Å². The number of anilines is 6. The van der Waals surface area contributed by atoms with Crippen molar-refractivity contribution in [2.24, 2.45) is 38.9 Å². The third-order valence-electron chi connectivity index (χ3n) is 29.4. The monoisotopic (exact) mass is 1860 g/mol. The summed E-state index contributed by atoms with van der Waals surface area (Å²) < 4.78 is 66.7. The van der Waals surface area contributed by atoms with E-state index in [1.165, 1.54) is 49.1 Å². The summed E-state index contributed by atoms with van der Waals surface area (Å²) in [7, 11) is 0.